The molecule has 0 fully saturated rings. The van der Waals surface area contributed by atoms with Gasteiger partial charge >= 0.3 is 0 Å². The van der Waals surface area contributed by atoms with Crippen molar-refractivity contribution >= 4 is 55.3 Å². The third-order valence-corrected chi connectivity index (χ3v) is 5.23. The Balaban J connectivity index is 1.74. The molecule has 132 valence electrons. The zero-order chi connectivity index (χ0) is 18.7. The Morgan fingerprint density at radius 3 is 2.46 bits per heavy atom. The molecule has 0 aliphatic heterocycles. The van der Waals surface area contributed by atoms with Crippen LogP contribution in [0.2, 0.25) is 5.28 Å². The summed E-state index contributed by atoms with van der Waals surface area (Å²) in [7, 11) is 0. The van der Waals surface area contributed by atoms with Crippen LogP contribution in [0.5, 0.6) is 0 Å². The van der Waals surface area contributed by atoms with Gasteiger partial charge in [-0.25, -0.2) is 4.98 Å². The van der Waals surface area contributed by atoms with Gasteiger partial charge in [-0.05, 0) is 28.4 Å². The van der Waals surface area contributed by atoms with E-state index in [2.05, 4.69) is 39.2 Å². The van der Waals surface area contributed by atoms with Crippen LogP contribution in [0.25, 0.3) is 55.0 Å². The largest absolute Gasteiger partial charge is 0.435 e. The number of nitrogens with zero attached hydrogens (tertiary/aromatic N) is 3. The molecule has 0 spiro atoms. The molecule has 0 aliphatic rings. The Morgan fingerprint density at radius 1 is 0.786 bits per heavy atom. The van der Waals surface area contributed by atoms with Crippen molar-refractivity contribution < 1.29 is 4.42 Å². The second-order valence-electron chi connectivity index (χ2n) is 6.71. The minimum atomic E-state index is 0.152. The molecule has 3 aromatic heterocycles. The summed E-state index contributed by atoms with van der Waals surface area (Å²) in [5, 5.41) is 5.24. The van der Waals surface area contributed by atoms with Gasteiger partial charge in [-0.3, -0.25) is 4.98 Å². The maximum absolute atomic E-state index is 6.24. The highest BCUT2D eigenvalue weighted by Gasteiger charge is 2.19. The Morgan fingerprint density at radius 2 is 1.57 bits per heavy atom. The molecular weight excluding hydrogens is 370 g/mol. The molecule has 0 unspecified atom stereocenters. The Hall–Kier alpha value is -3.50. The van der Waals surface area contributed by atoms with Gasteiger partial charge in [-0.2, -0.15) is 4.98 Å². The lowest BCUT2D eigenvalue weighted by atomic mass is 10.0. The lowest BCUT2D eigenvalue weighted by Gasteiger charge is -2.05. The van der Waals surface area contributed by atoms with E-state index in [0.717, 1.165) is 38.3 Å². The maximum atomic E-state index is 6.24. The quantitative estimate of drug-likeness (QED) is 0.309. The first-order chi connectivity index (χ1) is 13.8. The number of hydrogen-bond acceptors (Lipinski definition) is 4. The monoisotopic (exact) mass is 381 g/mol. The summed E-state index contributed by atoms with van der Waals surface area (Å²) in [5.41, 5.74) is 3.56. The van der Waals surface area contributed by atoms with Crippen LogP contribution >= 0.6 is 11.6 Å². The molecule has 6 rings (SSSR count). The molecule has 0 bridgehead atoms. The average Bonchev–Trinajstić information content (AvgIpc) is 3.11. The summed E-state index contributed by atoms with van der Waals surface area (Å²) in [4.78, 5) is 13.5. The van der Waals surface area contributed by atoms with Gasteiger partial charge in [0.1, 0.15) is 5.52 Å². The lowest BCUT2D eigenvalue weighted by molar-refractivity contribution is 0.656. The number of halogens is 1. The molecule has 4 nitrogen and oxygen atoms in total. The smallest absolute Gasteiger partial charge is 0.234 e. The van der Waals surface area contributed by atoms with Crippen molar-refractivity contribution in [3.8, 4) is 11.3 Å². The van der Waals surface area contributed by atoms with Gasteiger partial charge < -0.3 is 4.42 Å². The van der Waals surface area contributed by atoms with Crippen LogP contribution in [-0.4, -0.2) is 15.0 Å². The first kappa shape index (κ1) is 15.5. The van der Waals surface area contributed by atoms with E-state index in [1.807, 2.05) is 48.7 Å². The summed E-state index contributed by atoms with van der Waals surface area (Å²) in [6, 6.07) is 22.4. The van der Waals surface area contributed by atoms with E-state index in [0.29, 0.717) is 11.3 Å². The zero-order valence-corrected chi connectivity index (χ0v) is 15.3. The molecule has 0 atom stereocenters. The van der Waals surface area contributed by atoms with E-state index in [-0.39, 0.29) is 5.28 Å². The molecule has 5 heteroatoms. The molecule has 0 radical (unpaired) electrons. The summed E-state index contributed by atoms with van der Waals surface area (Å²) in [6.07, 6.45) is 1.85. The van der Waals surface area contributed by atoms with Crippen molar-refractivity contribution in [1.82, 2.24) is 15.0 Å². The van der Waals surface area contributed by atoms with Gasteiger partial charge in [0.2, 0.25) is 11.0 Å². The topological polar surface area (TPSA) is 51.8 Å². The van der Waals surface area contributed by atoms with Gasteiger partial charge in [0, 0.05) is 22.5 Å². The van der Waals surface area contributed by atoms with E-state index in [9.17, 15) is 0 Å². The molecule has 0 saturated heterocycles. The van der Waals surface area contributed by atoms with Crippen LogP contribution < -0.4 is 0 Å². The minimum Gasteiger partial charge on any atom is -0.435 e. The molecule has 3 heterocycles. The van der Waals surface area contributed by atoms with Crippen LogP contribution in [0.4, 0.5) is 0 Å². The number of aromatic nitrogens is 3. The fourth-order valence-electron chi connectivity index (χ4n) is 3.76. The summed E-state index contributed by atoms with van der Waals surface area (Å²) in [6.45, 7) is 0. The number of fused-ring (bicyclic) bond motifs is 6. The molecular formula is C23H12ClN3O. The van der Waals surface area contributed by atoms with Gasteiger partial charge in [0.15, 0.2) is 5.58 Å². The van der Waals surface area contributed by atoms with Crippen molar-refractivity contribution in [3.63, 3.8) is 0 Å². The van der Waals surface area contributed by atoms with E-state index in [1.54, 1.807) is 0 Å². The minimum absolute atomic E-state index is 0.152. The molecule has 6 aromatic rings. The lowest BCUT2D eigenvalue weighted by Crippen LogP contribution is -1.90. The SMILES string of the molecule is Clc1nc(-c2ccc3ccccc3c2)c2c(n1)oc1c3ccccc3cnc12. The predicted molar refractivity (Wildman–Crippen MR) is 113 cm³/mol. The van der Waals surface area contributed by atoms with E-state index in [4.69, 9.17) is 16.0 Å². The first-order valence-corrected chi connectivity index (χ1v) is 9.28. The average molecular weight is 382 g/mol. The van der Waals surface area contributed by atoms with E-state index < -0.39 is 0 Å². The summed E-state index contributed by atoms with van der Waals surface area (Å²) in [5.74, 6) is 0. The zero-order valence-electron chi connectivity index (χ0n) is 14.6. The fourth-order valence-corrected chi connectivity index (χ4v) is 3.92. The molecule has 0 saturated carbocycles. The fraction of sp³-hybridized carbons (Fsp3) is 0. The van der Waals surface area contributed by atoms with E-state index >= 15 is 0 Å². The van der Waals surface area contributed by atoms with Crippen molar-refractivity contribution in [2.75, 3.05) is 0 Å². The number of benzene rings is 3. The van der Waals surface area contributed by atoms with Gasteiger partial charge in [-0.15, -0.1) is 0 Å². The Labute approximate surface area is 164 Å². The summed E-state index contributed by atoms with van der Waals surface area (Å²) < 4.78 is 6.10. The van der Waals surface area contributed by atoms with Crippen molar-refractivity contribution in [3.05, 3.63) is 78.2 Å². The van der Waals surface area contributed by atoms with Crippen LogP contribution in [-0.2, 0) is 0 Å². The van der Waals surface area contributed by atoms with Crippen LogP contribution in [0.3, 0.4) is 0 Å². The number of furan rings is 1. The third-order valence-electron chi connectivity index (χ3n) is 5.06. The second-order valence-corrected chi connectivity index (χ2v) is 7.05. The highest BCUT2D eigenvalue weighted by atomic mass is 35.5. The number of rotatable bonds is 1. The van der Waals surface area contributed by atoms with Crippen LogP contribution in [0.15, 0.2) is 77.3 Å². The van der Waals surface area contributed by atoms with Crippen molar-refractivity contribution in [2.45, 2.75) is 0 Å². The third kappa shape index (κ3) is 2.22. The van der Waals surface area contributed by atoms with Gasteiger partial charge in [0.25, 0.3) is 0 Å². The molecule has 28 heavy (non-hydrogen) atoms. The Bertz CT molecular complexity index is 1540. The normalized spacial score (nSPS) is 11.8. The number of hydrogen-bond donors (Lipinski definition) is 0. The first-order valence-electron chi connectivity index (χ1n) is 8.90. The maximum Gasteiger partial charge on any atom is 0.234 e. The van der Waals surface area contributed by atoms with Gasteiger partial charge in [0.05, 0.1) is 11.1 Å². The van der Waals surface area contributed by atoms with E-state index in [1.165, 1.54) is 5.39 Å². The highest BCUT2D eigenvalue weighted by Crippen LogP contribution is 2.37. The molecule has 0 N–H and O–H groups in total. The summed E-state index contributed by atoms with van der Waals surface area (Å²) >= 11 is 6.24. The van der Waals surface area contributed by atoms with Crippen molar-refractivity contribution in [2.24, 2.45) is 0 Å². The predicted octanol–water partition coefficient (Wildman–Crippen LogP) is 6.40. The highest BCUT2D eigenvalue weighted by molar-refractivity contribution is 6.29. The second kappa shape index (κ2) is 5.75. The van der Waals surface area contributed by atoms with Crippen LogP contribution in [0, 0.1) is 0 Å². The molecule has 0 amide bonds. The molecule has 0 aliphatic carbocycles. The van der Waals surface area contributed by atoms with Crippen LogP contribution in [0.1, 0.15) is 0 Å². The van der Waals surface area contributed by atoms with Gasteiger partial charge in [-0.1, -0.05) is 60.7 Å². The number of pyridine rings is 1. The Kier molecular flexibility index (Phi) is 3.19. The molecule has 3 aromatic carbocycles. The standard InChI is InChI=1S/C23H12ClN3O/c24-23-26-19(15-10-9-13-5-1-2-6-14(13)11-15)18-20-21(28-22(18)27-23)17-8-4-3-7-16(17)12-25-20/h1-12H. The van der Waals surface area contributed by atoms with Crippen molar-refractivity contribution in [1.29, 1.82) is 0 Å².